The molecule has 1 fully saturated rings. The minimum Gasteiger partial charge on any atom is -0.496 e. The maximum atomic E-state index is 5.57. The second kappa shape index (κ2) is 5.54. The molecule has 1 aromatic carbocycles. The van der Waals surface area contributed by atoms with Crippen LogP contribution in [0.15, 0.2) is 18.2 Å². The Morgan fingerprint density at radius 1 is 1.42 bits per heavy atom. The van der Waals surface area contributed by atoms with E-state index in [-0.39, 0.29) is 5.41 Å². The highest BCUT2D eigenvalue weighted by atomic mass is 16.5. The van der Waals surface area contributed by atoms with Crippen LogP contribution < -0.4 is 10.1 Å². The summed E-state index contributed by atoms with van der Waals surface area (Å²) in [4.78, 5) is 0. The van der Waals surface area contributed by atoms with Crippen molar-refractivity contribution in [3.05, 3.63) is 29.3 Å². The largest absolute Gasteiger partial charge is 0.496 e. The molecule has 106 valence electrons. The number of hydrogen-bond donors (Lipinski definition) is 1. The molecule has 19 heavy (non-hydrogen) atoms. The van der Waals surface area contributed by atoms with E-state index < -0.39 is 0 Å². The van der Waals surface area contributed by atoms with Crippen molar-refractivity contribution in [1.82, 2.24) is 5.32 Å². The van der Waals surface area contributed by atoms with Crippen LogP contribution in [-0.4, -0.2) is 20.2 Å². The fourth-order valence-electron chi connectivity index (χ4n) is 3.00. The van der Waals surface area contributed by atoms with E-state index in [4.69, 9.17) is 4.74 Å². The Bertz CT molecular complexity index is 441. The molecule has 0 aliphatic heterocycles. The van der Waals surface area contributed by atoms with Crippen LogP contribution in [0.4, 0.5) is 0 Å². The van der Waals surface area contributed by atoms with Gasteiger partial charge in [-0.1, -0.05) is 38.5 Å². The number of hydrogen-bond acceptors (Lipinski definition) is 2. The quantitative estimate of drug-likeness (QED) is 0.846. The standard InChI is InChI=1S/C17H27NO/c1-12(2)10-18-11-17(9-14(17)4)15-8-13(3)6-7-16(15)19-5/h6-8,12,14,18H,9-11H2,1-5H3. The van der Waals surface area contributed by atoms with Crippen molar-refractivity contribution < 1.29 is 4.74 Å². The Labute approximate surface area is 117 Å². The SMILES string of the molecule is COc1ccc(C)cc1C1(CNCC(C)C)CC1C. The number of methoxy groups -OCH3 is 1. The maximum absolute atomic E-state index is 5.57. The molecule has 1 N–H and O–H groups in total. The predicted octanol–water partition coefficient (Wildman–Crippen LogP) is 3.53. The lowest BCUT2D eigenvalue weighted by Crippen LogP contribution is -2.31. The van der Waals surface area contributed by atoms with Crippen molar-refractivity contribution in [2.75, 3.05) is 20.2 Å². The van der Waals surface area contributed by atoms with E-state index in [1.165, 1.54) is 17.5 Å². The molecule has 0 amide bonds. The fourth-order valence-corrected chi connectivity index (χ4v) is 3.00. The van der Waals surface area contributed by atoms with Crippen LogP contribution in [0.25, 0.3) is 0 Å². The third-order valence-electron chi connectivity index (χ3n) is 4.34. The van der Waals surface area contributed by atoms with E-state index >= 15 is 0 Å². The third-order valence-corrected chi connectivity index (χ3v) is 4.34. The van der Waals surface area contributed by atoms with Gasteiger partial charge in [0.25, 0.3) is 0 Å². The van der Waals surface area contributed by atoms with Crippen LogP contribution in [0.5, 0.6) is 5.75 Å². The van der Waals surface area contributed by atoms with Gasteiger partial charge in [0, 0.05) is 17.5 Å². The molecule has 1 aliphatic carbocycles. The van der Waals surface area contributed by atoms with Crippen molar-refractivity contribution in [3.63, 3.8) is 0 Å². The first-order chi connectivity index (χ1) is 8.99. The number of benzene rings is 1. The second-order valence-electron chi connectivity index (χ2n) is 6.49. The molecule has 1 aromatic rings. The van der Waals surface area contributed by atoms with Crippen LogP contribution >= 0.6 is 0 Å². The Balaban J connectivity index is 2.19. The molecule has 0 radical (unpaired) electrons. The summed E-state index contributed by atoms with van der Waals surface area (Å²) in [5, 5.41) is 3.63. The van der Waals surface area contributed by atoms with Crippen LogP contribution in [0.3, 0.4) is 0 Å². The van der Waals surface area contributed by atoms with Crippen molar-refractivity contribution in [3.8, 4) is 5.75 Å². The summed E-state index contributed by atoms with van der Waals surface area (Å²) in [6, 6.07) is 6.55. The molecule has 2 rings (SSSR count). The van der Waals surface area contributed by atoms with Gasteiger partial charge in [-0.3, -0.25) is 0 Å². The Morgan fingerprint density at radius 3 is 2.63 bits per heavy atom. The highest BCUT2D eigenvalue weighted by molar-refractivity contribution is 5.47. The van der Waals surface area contributed by atoms with Gasteiger partial charge in [-0.25, -0.2) is 0 Å². The molecule has 2 nitrogen and oxygen atoms in total. The van der Waals surface area contributed by atoms with E-state index in [9.17, 15) is 0 Å². The van der Waals surface area contributed by atoms with Gasteiger partial charge >= 0.3 is 0 Å². The lowest BCUT2D eigenvalue weighted by molar-refractivity contribution is 0.397. The average Bonchev–Trinajstić information content (AvgIpc) is 3.00. The van der Waals surface area contributed by atoms with Crippen molar-refractivity contribution in [2.45, 2.75) is 39.5 Å². The summed E-state index contributed by atoms with van der Waals surface area (Å²) < 4.78 is 5.57. The number of rotatable bonds is 6. The number of ether oxygens (including phenoxy) is 1. The summed E-state index contributed by atoms with van der Waals surface area (Å²) in [5.41, 5.74) is 2.99. The third kappa shape index (κ3) is 2.94. The second-order valence-corrected chi connectivity index (χ2v) is 6.49. The molecule has 1 saturated carbocycles. The van der Waals surface area contributed by atoms with E-state index in [0.717, 1.165) is 24.8 Å². The van der Waals surface area contributed by atoms with Gasteiger partial charge in [0.05, 0.1) is 7.11 Å². The summed E-state index contributed by atoms with van der Waals surface area (Å²) >= 11 is 0. The van der Waals surface area contributed by atoms with Crippen LogP contribution in [0.2, 0.25) is 0 Å². The predicted molar refractivity (Wildman–Crippen MR) is 80.9 cm³/mol. The van der Waals surface area contributed by atoms with Crippen molar-refractivity contribution >= 4 is 0 Å². The lowest BCUT2D eigenvalue weighted by atomic mass is 9.91. The van der Waals surface area contributed by atoms with Crippen LogP contribution in [0, 0.1) is 18.8 Å². The van der Waals surface area contributed by atoms with Gasteiger partial charge in [-0.05, 0) is 37.8 Å². The fraction of sp³-hybridized carbons (Fsp3) is 0.647. The molecule has 1 aliphatic rings. The van der Waals surface area contributed by atoms with E-state index in [0.29, 0.717) is 5.92 Å². The molecular formula is C17H27NO. The zero-order chi connectivity index (χ0) is 14.0. The highest BCUT2D eigenvalue weighted by Gasteiger charge is 2.53. The highest BCUT2D eigenvalue weighted by Crippen LogP contribution is 2.56. The summed E-state index contributed by atoms with van der Waals surface area (Å²) in [5.74, 6) is 2.48. The topological polar surface area (TPSA) is 21.3 Å². The molecule has 0 bridgehead atoms. The van der Waals surface area contributed by atoms with Gasteiger partial charge in [0.2, 0.25) is 0 Å². The first-order valence-electron chi connectivity index (χ1n) is 7.35. The summed E-state index contributed by atoms with van der Waals surface area (Å²) in [7, 11) is 1.77. The minimum atomic E-state index is 0.284. The van der Waals surface area contributed by atoms with Crippen LogP contribution in [0.1, 0.15) is 38.3 Å². The Kier molecular flexibility index (Phi) is 4.19. The average molecular weight is 261 g/mol. The van der Waals surface area contributed by atoms with Crippen molar-refractivity contribution in [2.24, 2.45) is 11.8 Å². The van der Waals surface area contributed by atoms with Crippen molar-refractivity contribution in [1.29, 1.82) is 0 Å². The smallest absolute Gasteiger partial charge is 0.122 e. The molecule has 2 heteroatoms. The molecule has 0 spiro atoms. The van der Waals surface area contributed by atoms with E-state index in [1.54, 1.807) is 7.11 Å². The molecule has 0 aromatic heterocycles. The molecule has 2 atom stereocenters. The summed E-state index contributed by atoms with van der Waals surface area (Å²) in [6.45, 7) is 11.2. The Morgan fingerprint density at radius 2 is 2.11 bits per heavy atom. The normalized spacial score (nSPS) is 25.7. The monoisotopic (exact) mass is 261 g/mol. The maximum Gasteiger partial charge on any atom is 0.122 e. The van der Waals surface area contributed by atoms with Gasteiger partial charge in [0.1, 0.15) is 5.75 Å². The zero-order valence-electron chi connectivity index (χ0n) is 12.9. The summed E-state index contributed by atoms with van der Waals surface area (Å²) in [6.07, 6.45) is 1.26. The van der Waals surface area contributed by atoms with Gasteiger partial charge in [-0.2, -0.15) is 0 Å². The number of aryl methyl sites for hydroxylation is 1. The van der Waals surface area contributed by atoms with Gasteiger partial charge in [0.15, 0.2) is 0 Å². The molecule has 2 unspecified atom stereocenters. The lowest BCUT2D eigenvalue weighted by Gasteiger charge is -2.22. The first-order valence-corrected chi connectivity index (χ1v) is 7.35. The van der Waals surface area contributed by atoms with Gasteiger partial charge < -0.3 is 10.1 Å². The van der Waals surface area contributed by atoms with Gasteiger partial charge in [-0.15, -0.1) is 0 Å². The first kappa shape index (κ1) is 14.4. The Hall–Kier alpha value is -1.02. The van der Waals surface area contributed by atoms with E-state index in [1.807, 2.05) is 0 Å². The molecule has 0 saturated heterocycles. The number of nitrogens with one attached hydrogen (secondary N) is 1. The molecular weight excluding hydrogens is 234 g/mol. The molecule has 0 heterocycles. The zero-order valence-corrected chi connectivity index (χ0v) is 12.9. The van der Waals surface area contributed by atoms with E-state index in [2.05, 4.69) is 51.2 Å². The van der Waals surface area contributed by atoms with Crippen LogP contribution in [-0.2, 0) is 5.41 Å². The minimum absolute atomic E-state index is 0.284.